The lowest BCUT2D eigenvalue weighted by atomic mass is 10.1. The minimum atomic E-state index is -0.222. The Morgan fingerprint density at radius 1 is 1.50 bits per heavy atom. The van der Waals surface area contributed by atoms with Crippen molar-refractivity contribution in [3.63, 3.8) is 0 Å². The van der Waals surface area contributed by atoms with Crippen LogP contribution < -0.4 is 5.32 Å². The third-order valence-electron chi connectivity index (χ3n) is 2.82. The summed E-state index contributed by atoms with van der Waals surface area (Å²) in [6.07, 6.45) is 0.975. The number of carbonyl (C=O) groups is 2. The summed E-state index contributed by atoms with van der Waals surface area (Å²) in [5, 5.41) is 2.82. The molecular formula is C13H15NO3S. The highest BCUT2D eigenvalue weighted by Gasteiger charge is 2.22. The van der Waals surface area contributed by atoms with Crippen molar-refractivity contribution in [2.24, 2.45) is 0 Å². The summed E-state index contributed by atoms with van der Waals surface area (Å²) in [5.41, 5.74) is 1.86. The predicted octanol–water partition coefficient (Wildman–Crippen LogP) is 2.22. The Labute approximate surface area is 110 Å². The van der Waals surface area contributed by atoms with Gasteiger partial charge in [0, 0.05) is 11.3 Å². The van der Waals surface area contributed by atoms with E-state index in [0.717, 1.165) is 16.1 Å². The Balaban J connectivity index is 2.10. The molecule has 4 nitrogen and oxygen atoms in total. The number of benzene rings is 1. The van der Waals surface area contributed by atoms with Crippen LogP contribution in [0.5, 0.6) is 0 Å². The number of hydrogen-bond donors (Lipinski definition) is 1. The van der Waals surface area contributed by atoms with Gasteiger partial charge in [-0.15, -0.1) is 11.8 Å². The van der Waals surface area contributed by atoms with Crippen molar-refractivity contribution in [1.29, 1.82) is 0 Å². The lowest BCUT2D eigenvalue weighted by molar-refractivity contribution is -0.140. The number of thioether (sulfide) groups is 1. The molecule has 5 heteroatoms. The average Bonchev–Trinajstić information content (AvgIpc) is 2.37. The summed E-state index contributed by atoms with van der Waals surface area (Å²) in [6.45, 7) is 1.88. The summed E-state index contributed by atoms with van der Waals surface area (Å²) < 4.78 is 4.60. The van der Waals surface area contributed by atoms with E-state index in [1.165, 1.54) is 7.11 Å². The van der Waals surface area contributed by atoms with Gasteiger partial charge in [-0.2, -0.15) is 0 Å². The molecule has 0 aromatic heterocycles. The van der Waals surface area contributed by atoms with E-state index in [2.05, 4.69) is 10.1 Å². The maximum atomic E-state index is 11.6. The molecule has 0 bridgehead atoms. The number of rotatable bonds is 3. The Hall–Kier alpha value is -1.49. The van der Waals surface area contributed by atoms with Crippen LogP contribution >= 0.6 is 11.8 Å². The molecule has 0 saturated carbocycles. The number of aryl methyl sites for hydroxylation is 1. The zero-order valence-corrected chi connectivity index (χ0v) is 11.2. The molecule has 0 spiro atoms. The van der Waals surface area contributed by atoms with Crippen molar-refractivity contribution >= 4 is 29.3 Å². The standard InChI is InChI=1S/C13H15NO3S/c1-8-13(16)14-10-7-9(3-5-11(10)18-8)4-6-12(15)17-2/h3,5,7-8H,4,6H2,1-2H3,(H,14,16). The van der Waals surface area contributed by atoms with Gasteiger partial charge in [-0.05, 0) is 31.0 Å². The van der Waals surface area contributed by atoms with Gasteiger partial charge in [0.05, 0.1) is 18.0 Å². The van der Waals surface area contributed by atoms with Crippen LogP contribution in [-0.4, -0.2) is 24.2 Å². The zero-order chi connectivity index (χ0) is 13.1. The number of methoxy groups -OCH3 is 1. The van der Waals surface area contributed by atoms with E-state index in [9.17, 15) is 9.59 Å². The molecule has 1 aliphatic heterocycles. The largest absolute Gasteiger partial charge is 0.469 e. The third-order valence-corrected chi connectivity index (χ3v) is 4.00. The maximum Gasteiger partial charge on any atom is 0.305 e. The van der Waals surface area contributed by atoms with Gasteiger partial charge in [-0.1, -0.05) is 6.07 Å². The van der Waals surface area contributed by atoms with Crippen LogP contribution in [0.25, 0.3) is 0 Å². The summed E-state index contributed by atoms with van der Waals surface area (Å²) in [5.74, 6) is -0.197. The number of anilines is 1. The van der Waals surface area contributed by atoms with Crippen LogP contribution in [0.2, 0.25) is 0 Å². The Kier molecular flexibility index (Phi) is 3.91. The van der Waals surface area contributed by atoms with Crippen LogP contribution in [0, 0.1) is 0 Å². The summed E-state index contributed by atoms with van der Waals surface area (Å²) in [6, 6.07) is 5.90. The Morgan fingerprint density at radius 2 is 2.28 bits per heavy atom. The molecule has 1 unspecified atom stereocenters. The molecule has 0 fully saturated rings. The monoisotopic (exact) mass is 265 g/mol. The fraction of sp³-hybridized carbons (Fsp3) is 0.385. The molecule has 1 heterocycles. The van der Waals surface area contributed by atoms with E-state index in [1.54, 1.807) is 11.8 Å². The lowest BCUT2D eigenvalue weighted by Gasteiger charge is -2.21. The molecule has 1 aromatic rings. The van der Waals surface area contributed by atoms with Gasteiger partial charge in [0.15, 0.2) is 0 Å². The van der Waals surface area contributed by atoms with E-state index in [0.29, 0.717) is 12.8 Å². The lowest BCUT2D eigenvalue weighted by Crippen LogP contribution is -2.26. The van der Waals surface area contributed by atoms with Gasteiger partial charge in [0.25, 0.3) is 0 Å². The molecule has 1 aliphatic rings. The first-order valence-electron chi connectivity index (χ1n) is 5.77. The maximum absolute atomic E-state index is 11.6. The van der Waals surface area contributed by atoms with E-state index >= 15 is 0 Å². The van der Waals surface area contributed by atoms with Crippen LogP contribution in [0.4, 0.5) is 5.69 Å². The van der Waals surface area contributed by atoms with Crippen LogP contribution in [0.3, 0.4) is 0 Å². The number of fused-ring (bicyclic) bond motifs is 1. The number of amides is 1. The number of nitrogens with one attached hydrogen (secondary N) is 1. The highest BCUT2D eigenvalue weighted by molar-refractivity contribution is 8.00. The third kappa shape index (κ3) is 2.85. The quantitative estimate of drug-likeness (QED) is 0.851. The molecule has 0 radical (unpaired) electrons. The molecule has 1 aromatic carbocycles. The first-order chi connectivity index (χ1) is 8.60. The second-order valence-electron chi connectivity index (χ2n) is 4.16. The van der Waals surface area contributed by atoms with Crippen molar-refractivity contribution in [2.45, 2.75) is 29.9 Å². The smallest absolute Gasteiger partial charge is 0.305 e. The second kappa shape index (κ2) is 5.44. The van der Waals surface area contributed by atoms with Crippen LogP contribution in [0.1, 0.15) is 18.9 Å². The fourth-order valence-electron chi connectivity index (χ4n) is 1.76. The van der Waals surface area contributed by atoms with Crippen molar-refractivity contribution in [2.75, 3.05) is 12.4 Å². The number of esters is 1. The van der Waals surface area contributed by atoms with Crippen molar-refractivity contribution in [3.8, 4) is 0 Å². The predicted molar refractivity (Wildman–Crippen MR) is 70.7 cm³/mol. The summed E-state index contributed by atoms with van der Waals surface area (Å²) >= 11 is 1.55. The van der Waals surface area contributed by atoms with Crippen molar-refractivity contribution in [1.82, 2.24) is 0 Å². The Bertz CT molecular complexity index is 487. The van der Waals surface area contributed by atoms with Gasteiger partial charge < -0.3 is 10.1 Å². The van der Waals surface area contributed by atoms with Gasteiger partial charge in [-0.3, -0.25) is 9.59 Å². The van der Waals surface area contributed by atoms with Gasteiger partial charge in [0.1, 0.15) is 0 Å². The highest BCUT2D eigenvalue weighted by atomic mass is 32.2. The molecule has 1 atom stereocenters. The normalized spacial score (nSPS) is 17.9. The molecular weight excluding hydrogens is 250 g/mol. The summed E-state index contributed by atoms with van der Waals surface area (Å²) in [4.78, 5) is 23.7. The minimum Gasteiger partial charge on any atom is -0.469 e. The van der Waals surface area contributed by atoms with E-state index < -0.39 is 0 Å². The molecule has 1 amide bonds. The van der Waals surface area contributed by atoms with E-state index in [4.69, 9.17) is 0 Å². The number of ether oxygens (including phenoxy) is 1. The van der Waals surface area contributed by atoms with E-state index in [-0.39, 0.29) is 17.1 Å². The Morgan fingerprint density at radius 3 is 3.00 bits per heavy atom. The van der Waals surface area contributed by atoms with Gasteiger partial charge in [-0.25, -0.2) is 0 Å². The second-order valence-corrected chi connectivity index (χ2v) is 5.54. The number of hydrogen-bond acceptors (Lipinski definition) is 4. The summed E-state index contributed by atoms with van der Waals surface area (Å²) in [7, 11) is 1.38. The molecule has 18 heavy (non-hydrogen) atoms. The van der Waals surface area contributed by atoms with Gasteiger partial charge in [0.2, 0.25) is 5.91 Å². The molecule has 0 saturated heterocycles. The van der Waals surface area contributed by atoms with Gasteiger partial charge >= 0.3 is 5.97 Å². The fourth-order valence-corrected chi connectivity index (χ4v) is 2.69. The van der Waals surface area contributed by atoms with Crippen LogP contribution in [-0.2, 0) is 20.7 Å². The van der Waals surface area contributed by atoms with Crippen LogP contribution in [0.15, 0.2) is 23.1 Å². The highest BCUT2D eigenvalue weighted by Crippen LogP contribution is 2.36. The molecule has 1 N–H and O–H groups in total. The average molecular weight is 265 g/mol. The first kappa shape index (κ1) is 13.0. The minimum absolute atomic E-state index is 0.0256. The SMILES string of the molecule is COC(=O)CCc1ccc2c(c1)NC(=O)C(C)S2. The topological polar surface area (TPSA) is 55.4 Å². The van der Waals surface area contributed by atoms with Crippen molar-refractivity contribution in [3.05, 3.63) is 23.8 Å². The number of carbonyl (C=O) groups excluding carboxylic acids is 2. The first-order valence-corrected chi connectivity index (χ1v) is 6.65. The zero-order valence-electron chi connectivity index (χ0n) is 10.4. The van der Waals surface area contributed by atoms with Crippen molar-refractivity contribution < 1.29 is 14.3 Å². The molecule has 2 rings (SSSR count). The van der Waals surface area contributed by atoms with E-state index in [1.807, 2.05) is 25.1 Å². The molecule has 0 aliphatic carbocycles. The molecule has 96 valence electrons.